The highest BCUT2D eigenvalue weighted by atomic mass is 32.1. The van der Waals surface area contributed by atoms with Crippen molar-refractivity contribution in [3.63, 3.8) is 0 Å². The molecule has 1 amide bonds. The number of ether oxygens (including phenoxy) is 1. The van der Waals surface area contributed by atoms with Crippen molar-refractivity contribution in [2.24, 2.45) is 0 Å². The first-order chi connectivity index (χ1) is 13.7. The second-order valence-corrected chi connectivity index (χ2v) is 7.25. The number of hydrogen-bond donors (Lipinski definition) is 0. The minimum absolute atomic E-state index is 0.0294. The van der Waals surface area contributed by atoms with Gasteiger partial charge in [-0.1, -0.05) is 11.2 Å². The highest BCUT2D eigenvalue weighted by Gasteiger charge is 2.26. The van der Waals surface area contributed by atoms with Crippen LogP contribution in [0.5, 0.6) is 0 Å². The Labute approximate surface area is 165 Å². The van der Waals surface area contributed by atoms with Crippen molar-refractivity contribution in [1.29, 1.82) is 0 Å². The molecule has 3 aromatic rings. The molecule has 0 radical (unpaired) electrons. The van der Waals surface area contributed by atoms with Crippen LogP contribution in [0.1, 0.15) is 34.7 Å². The summed E-state index contributed by atoms with van der Waals surface area (Å²) in [5.41, 5.74) is 3.08. The lowest BCUT2D eigenvalue weighted by Gasteiger charge is -2.30. The molecule has 1 aliphatic rings. The van der Waals surface area contributed by atoms with Gasteiger partial charge < -0.3 is 14.2 Å². The van der Waals surface area contributed by atoms with Crippen LogP contribution >= 0.6 is 11.3 Å². The standard InChI is InChI=1S/C20H19N3O4S/c1-26-20(25)15-4-2-6-16-14(15)5-3-10-23(16)18(24)8-7-17-21-19(22-27-17)13-9-11-28-12-13/h2,4,6,9,11-12H,3,5,7-8,10H2,1H3. The summed E-state index contributed by atoms with van der Waals surface area (Å²) in [6.07, 6.45) is 2.18. The normalized spacial score (nSPS) is 13.2. The number of methoxy groups -OCH3 is 1. The minimum Gasteiger partial charge on any atom is -0.465 e. The molecule has 0 spiro atoms. The second-order valence-electron chi connectivity index (χ2n) is 6.47. The number of esters is 1. The van der Waals surface area contributed by atoms with Crippen LogP contribution in [0.4, 0.5) is 5.69 Å². The fraction of sp³-hybridized carbons (Fsp3) is 0.300. The van der Waals surface area contributed by atoms with E-state index in [1.54, 1.807) is 28.4 Å². The van der Waals surface area contributed by atoms with Crippen molar-refractivity contribution >= 4 is 28.9 Å². The molecule has 1 aromatic carbocycles. The van der Waals surface area contributed by atoms with E-state index in [9.17, 15) is 9.59 Å². The van der Waals surface area contributed by atoms with E-state index in [-0.39, 0.29) is 18.3 Å². The molecule has 0 saturated heterocycles. The van der Waals surface area contributed by atoms with Gasteiger partial charge in [0.15, 0.2) is 0 Å². The smallest absolute Gasteiger partial charge is 0.338 e. The lowest BCUT2D eigenvalue weighted by atomic mass is 9.96. The van der Waals surface area contributed by atoms with E-state index in [2.05, 4.69) is 10.1 Å². The molecule has 0 saturated carbocycles. The monoisotopic (exact) mass is 397 g/mol. The number of amides is 1. The van der Waals surface area contributed by atoms with Gasteiger partial charge in [0.1, 0.15) is 0 Å². The fourth-order valence-corrected chi connectivity index (χ4v) is 4.03. The van der Waals surface area contributed by atoms with Crippen LogP contribution in [0, 0.1) is 0 Å². The molecule has 2 aromatic heterocycles. The number of hydrogen-bond acceptors (Lipinski definition) is 7. The molecule has 0 bridgehead atoms. The molecule has 0 atom stereocenters. The molecule has 1 aliphatic heterocycles. The number of carbonyl (C=O) groups is 2. The van der Waals surface area contributed by atoms with Crippen LogP contribution in [-0.2, 0) is 22.4 Å². The zero-order valence-corrected chi connectivity index (χ0v) is 16.2. The van der Waals surface area contributed by atoms with Crippen LogP contribution in [0.15, 0.2) is 39.5 Å². The molecule has 144 valence electrons. The molecule has 0 N–H and O–H groups in total. The Hall–Kier alpha value is -3.00. The molecule has 0 aliphatic carbocycles. The highest BCUT2D eigenvalue weighted by Crippen LogP contribution is 2.31. The molecule has 3 heterocycles. The summed E-state index contributed by atoms with van der Waals surface area (Å²) in [5.74, 6) is 0.570. The minimum atomic E-state index is -0.377. The van der Waals surface area contributed by atoms with E-state index in [4.69, 9.17) is 9.26 Å². The van der Waals surface area contributed by atoms with Crippen molar-refractivity contribution in [2.45, 2.75) is 25.7 Å². The number of fused-ring (bicyclic) bond motifs is 1. The number of benzene rings is 1. The van der Waals surface area contributed by atoms with Crippen molar-refractivity contribution in [1.82, 2.24) is 10.1 Å². The predicted molar refractivity (Wildman–Crippen MR) is 104 cm³/mol. The third-order valence-electron chi connectivity index (χ3n) is 4.76. The zero-order valence-electron chi connectivity index (χ0n) is 15.4. The highest BCUT2D eigenvalue weighted by molar-refractivity contribution is 7.08. The lowest BCUT2D eigenvalue weighted by molar-refractivity contribution is -0.118. The van der Waals surface area contributed by atoms with Crippen molar-refractivity contribution in [3.05, 3.63) is 52.0 Å². The quantitative estimate of drug-likeness (QED) is 0.613. The van der Waals surface area contributed by atoms with Crippen LogP contribution in [0.25, 0.3) is 11.4 Å². The third kappa shape index (κ3) is 3.55. The first kappa shape index (κ1) is 18.4. The molecule has 0 unspecified atom stereocenters. The van der Waals surface area contributed by atoms with E-state index < -0.39 is 0 Å². The van der Waals surface area contributed by atoms with Gasteiger partial charge in [0.25, 0.3) is 0 Å². The largest absolute Gasteiger partial charge is 0.465 e. The predicted octanol–water partition coefficient (Wildman–Crippen LogP) is 3.50. The SMILES string of the molecule is COC(=O)c1cccc2c1CCCN2C(=O)CCc1nc(-c2ccsc2)no1. The Morgan fingerprint density at radius 1 is 1.32 bits per heavy atom. The Bertz CT molecular complexity index is 997. The van der Waals surface area contributed by atoms with E-state index in [1.165, 1.54) is 7.11 Å². The van der Waals surface area contributed by atoms with Gasteiger partial charge in [-0.3, -0.25) is 4.79 Å². The van der Waals surface area contributed by atoms with Gasteiger partial charge >= 0.3 is 5.97 Å². The summed E-state index contributed by atoms with van der Waals surface area (Å²) in [6, 6.07) is 7.32. The molecule has 0 fully saturated rings. The van der Waals surface area contributed by atoms with E-state index in [1.807, 2.05) is 22.9 Å². The van der Waals surface area contributed by atoms with Gasteiger partial charge in [0.05, 0.1) is 12.7 Å². The van der Waals surface area contributed by atoms with E-state index in [0.717, 1.165) is 29.7 Å². The Balaban J connectivity index is 1.47. The maximum atomic E-state index is 12.8. The summed E-state index contributed by atoms with van der Waals surface area (Å²) in [4.78, 5) is 31.0. The Kier molecular flexibility index (Phi) is 5.21. The van der Waals surface area contributed by atoms with Crippen molar-refractivity contribution in [2.75, 3.05) is 18.6 Å². The molecule has 4 rings (SSSR count). The number of carbonyl (C=O) groups excluding carboxylic acids is 2. The number of nitrogens with zero attached hydrogens (tertiary/aromatic N) is 3. The third-order valence-corrected chi connectivity index (χ3v) is 5.44. The Morgan fingerprint density at radius 3 is 3.00 bits per heavy atom. The fourth-order valence-electron chi connectivity index (χ4n) is 3.40. The molecule has 8 heteroatoms. The average molecular weight is 397 g/mol. The average Bonchev–Trinajstić information content (AvgIpc) is 3.42. The summed E-state index contributed by atoms with van der Waals surface area (Å²) in [7, 11) is 1.36. The number of aromatic nitrogens is 2. The maximum absolute atomic E-state index is 12.8. The van der Waals surface area contributed by atoms with Gasteiger partial charge in [-0.05, 0) is 42.0 Å². The number of anilines is 1. The van der Waals surface area contributed by atoms with Crippen molar-refractivity contribution in [3.8, 4) is 11.4 Å². The molecular weight excluding hydrogens is 378 g/mol. The van der Waals surface area contributed by atoms with Crippen LogP contribution in [0.2, 0.25) is 0 Å². The Morgan fingerprint density at radius 2 is 2.21 bits per heavy atom. The topological polar surface area (TPSA) is 85.5 Å². The van der Waals surface area contributed by atoms with Gasteiger partial charge in [-0.2, -0.15) is 16.3 Å². The van der Waals surface area contributed by atoms with E-state index in [0.29, 0.717) is 30.2 Å². The van der Waals surface area contributed by atoms with Crippen LogP contribution in [0.3, 0.4) is 0 Å². The van der Waals surface area contributed by atoms with Crippen LogP contribution in [-0.4, -0.2) is 35.7 Å². The van der Waals surface area contributed by atoms with Crippen LogP contribution < -0.4 is 4.90 Å². The second kappa shape index (κ2) is 7.93. The molecule has 28 heavy (non-hydrogen) atoms. The summed E-state index contributed by atoms with van der Waals surface area (Å²) >= 11 is 1.56. The lowest BCUT2D eigenvalue weighted by Crippen LogP contribution is -2.36. The first-order valence-corrected chi connectivity index (χ1v) is 9.97. The summed E-state index contributed by atoms with van der Waals surface area (Å²) in [6.45, 7) is 0.625. The first-order valence-electron chi connectivity index (χ1n) is 9.03. The summed E-state index contributed by atoms with van der Waals surface area (Å²) < 4.78 is 10.1. The molecule has 7 nitrogen and oxygen atoms in total. The number of rotatable bonds is 5. The van der Waals surface area contributed by atoms with Gasteiger partial charge in [0, 0.05) is 36.0 Å². The maximum Gasteiger partial charge on any atom is 0.338 e. The van der Waals surface area contributed by atoms with Crippen molar-refractivity contribution < 1.29 is 18.8 Å². The molecular formula is C20H19N3O4S. The number of aryl methyl sites for hydroxylation is 1. The summed E-state index contributed by atoms with van der Waals surface area (Å²) in [5, 5.41) is 7.87. The van der Waals surface area contributed by atoms with Gasteiger partial charge in [-0.15, -0.1) is 0 Å². The van der Waals surface area contributed by atoms with E-state index >= 15 is 0 Å². The van der Waals surface area contributed by atoms with Gasteiger partial charge in [0.2, 0.25) is 17.6 Å². The number of thiophene rings is 1. The zero-order chi connectivity index (χ0) is 19.5. The van der Waals surface area contributed by atoms with Gasteiger partial charge in [-0.25, -0.2) is 4.79 Å².